The summed E-state index contributed by atoms with van der Waals surface area (Å²) in [4.78, 5) is 51.8. The third-order valence-corrected chi connectivity index (χ3v) is 5.63. The summed E-state index contributed by atoms with van der Waals surface area (Å²) >= 11 is 0. The number of nitrogens with zero attached hydrogens (tertiary/aromatic N) is 2. The second kappa shape index (κ2) is 9.51. The fraction of sp³-hybridized carbons (Fsp3) is 0.778. The normalized spacial score (nSPS) is 26.0. The van der Waals surface area contributed by atoms with Crippen LogP contribution in [0.25, 0.3) is 0 Å². The van der Waals surface area contributed by atoms with Crippen LogP contribution >= 0.6 is 0 Å². The first kappa shape index (κ1) is 23.0. The molecular formula is C18H31N5O6. The summed E-state index contributed by atoms with van der Waals surface area (Å²) in [5, 5.41) is 21.7. The third-order valence-electron chi connectivity index (χ3n) is 5.63. The van der Waals surface area contributed by atoms with Crippen LogP contribution in [0.1, 0.15) is 33.1 Å². The molecule has 0 aromatic heterocycles. The van der Waals surface area contributed by atoms with Crippen LogP contribution in [-0.4, -0.2) is 93.6 Å². The number of primary amides is 1. The van der Waals surface area contributed by atoms with Crippen molar-refractivity contribution in [2.75, 3.05) is 19.6 Å². The average Bonchev–Trinajstić information content (AvgIpc) is 3.34. The molecule has 2 aliphatic rings. The summed E-state index contributed by atoms with van der Waals surface area (Å²) in [5.41, 5.74) is 10.7. The van der Waals surface area contributed by atoms with E-state index in [1.54, 1.807) is 0 Å². The Morgan fingerprint density at radius 3 is 2.34 bits per heavy atom. The van der Waals surface area contributed by atoms with Crippen LogP contribution in [-0.2, 0) is 19.2 Å². The van der Waals surface area contributed by atoms with E-state index in [0.717, 1.165) is 0 Å². The van der Waals surface area contributed by atoms with Crippen molar-refractivity contribution in [1.29, 1.82) is 0 Å². The number of likely N-dealkylation sites (tertiary alicyclic amines) is 2. The topological polar surface area (TPSA) is 179 Å². The van der Waals surface area contributed by atoms with Crippen molar-refractivity contribution < 1.29 is 29.4 Å². The molecule has 11 heteroatoms. The Morgan fingerprint density at radius 2 is 1.76 bits per heavy atom. The summed E-state index contributed by atoms with van der Waals surface area (Å²) in [6.07, 6.45) is -0.921. The van der Waals surface area contributed by atoms with E-state index >= 15 is 0 Å². The zero-order chi connectivity index (χ0) is 21.9. The van der Waals surface area contributed by atoms with Crippen LogP contribution in [0.4, 0.5) is 0 Å². The lowest BCUT2D eigenvalue weighted by Crippen LogP contribution is -2.54. The van der Waals surface area contributed by atoms with E-state index in [1.165, 1.54) is 23.6 Å². The quantitative estimate of drug-likeness (QED) is 0.293. The Labute approximate surface area is 169 Å². The number of aliphatic hydroxyl groups excluding tert-OH is 2. The van der Waals surface area contributed by atoms with Gasteiger partial charge in [-0.3, -0.25) is 19.2 Å². The van der Waals surface area contributed by atoms with Crippen molar-refractivity contribution in [3.05, 3.63) is 0 Å². The maximum absolute atomic E-state index is 13.0. The van der Waals surface area contributed by atoms with E-state index in [-0.39, 0.29) is 12.5 Å². The lowest BCUT2D eigenvalue weighted by Gasteiger charge is -2.28. The van der Waals surface area contributed by atoms with Gasteiger partial charge in [0.05, 0.1) is 18.1 Å². The number of amides is 4. The molecule has 164 valence electrons. The van der Waals surface area contributed by atoms with Gasteiger partial charge in [0.25, 0.3) is 0 Å². The van der Waals surface area contributed by atoms with E-state index < -0.39 is 54.0 Å². The van der Waals surface area contributed by atoms with Crippen molar-refractivity contribution in [2.45, 2.75) is 63.4 Å². The molecule has 7 N–H and O–H groups in total. The van der Waals surface area contributed by atoms with Crippen LogP contribution in [0.5, 0.6) is 0 Å². The van der Waals surface area contributed by atoms with Crippen molar-refractivity contribution >= 4 is 23.6 Å². The zero-order valence-corrected chi connectivity index (χ0v) is 16.8. The van der Waals surface area contributed by atoms with Gasteiger partial charge in [-0.25, -0.2) is 0 Å². The first-order valence-corrected chi connectivity index (χ1v) is 9.85. The first-order chi connectivity index (χ1) is 13.5. The third kappa shape index (κ3) is 5.22. The maximum atomic E-state index is 13.0. The van der Waals surface area contributed by atoms with Gasteiger partial charge in [-0.1, -0.05) is 0 Å². The van der Waals surface area contributed by atoms with Crippen molar-refractivity contribution in [3.63, 3.8) is 0 Å². The molecule has 4 amide bonds. The highest BCUT2D eigenvalue weighted by molar-refractivity contribution is 5.91. The van der Waals surface area contributed by atoms with Gasteiger partial charge in [0.1, 0.15) is 12.1 Å². The molecule has 6 atom stereocenters. The molecule has 11 nitrogen and oxygen atoms in total. The fourth-order valence-corrected chi connectivity index (χ4v) is 3.76. The van der Waals surface area contributed by atoms with Gasteiger partial charge in [-0.05, 0) is 33.1 Å². The van der Waals surface area contributed by atoms with Crippen LogP contribution < -0.4 is 16.8 Å². The number of hydrogen-bond acceptors (Lipinski definition) is 7. The minimum atomic E-state index is -1.52. The molecule has 0 aromatic rings. The largest absolute Gasteiger partial charge is 0.391 e. The van der Waals surface area contributed by atoms with Crippen LogP contribution in [0, 0.1) is 5.92 Å². The molecule has 2 fully saturated rings. The molecular weight excluding hydrogens is 382 g/mol. The highest BCUT2D eigenvalue weighted by atomic mass is 16.3. The number of nitrogens with one attached hydrogen (secondary N) is 1. The van der Waals surface area contributed by atoms with Crippen LogP contribution in [0.2, 0.25) is 0 Å². The van der Waals surface area contributed by atoms with Gasteiger partial charge in [0, 0.05) is 19.6 Å². The molecule has 2 rings (SSSR count). The fourth-order valence-electron chi connectivity index (χ4n) is 3.76. The van der Waals surface area contributed by atoms with Gasteiger partial charge in [-0.15, -0.1) is 0 Å². The predicted molar refractivity (Wildman–Crippen MR) is 102 cm³/mol. The van der Waals surface area contributed by atoms with Gasteiger partial charge >= 0.3 is 0 Å². The Hall–Kier alpha value is -2.24. The molecule has 0 spiro atoms. The van der Waals surface area contributed by atoms with E-state index in [2.05, 4.69) is 5.32 Å². The van der Waals surface area contributed by atoms with Gasteiger partial charge in [-0.2, -0.15) is 0 Å². The lowest BCUT2D eigenvalue weighted by molar-refractivity contribution is -0.142. The Kier molecular flexibility index (Phi) is 7.55. The molecule has 0 aromatic carbocycles. The van der Waals surface area contributed by atoms with E-state index in [1.807, 2.05) is 0 Å². The van der Waals surface area contributed by atoms with Crippen molar-refractivity contribution in [3.8, 4) is 0 Å². The van der Waals surface area contributed by atoms with Gasteiger partial charge in [0.2, 0.25) is 23.6 Å². The minimum absolute atomic E-state index is 0.194. The van der Waals surface area contributed by atoms with Gasteiger partial charge in [0.15, 0.2) is 6.10 Å². The molecule has 29 heavy (non-hydrogen) atoms. The summed E-state index contributed by atoms with van der Waals surface area (Å²) in [6.45, 7) is 3.87. The Bertz CT molecular complexity index is 657. The van der Waals surface area contributed by atoms with Crippen molar-refractivity contribution in [2.24, 2.45) is 17.4 Å². The maximum Gasteiger partial charge on any atom is 0.248 e. The first-order valence-electron chi connectivity index (χ1n) is 9.85. The number of rotatable bonds is 7. The van der Waals surface area contributed by atoms with Crippen LogP contribution in [0.3, 0.4) is 0 Å². The monoisotopic (exact) mass is 413 g/mol. The number of carbonyl (C=O) groups excluding carboxylic acids is 4. The van der Waals surface area contributed by atoms with E-state index in [9.17, 15) is 29.4 Å². The second-order valence-electron chi connectivity index (χ2n) is 7.87. The highest BCUT2D eigenvalue weighted by Crippen LogP contribution is 2.25. The average molecular weight is 413 g/mol. The molecule has 0 radical (unpaired) electrons. The summed E-state index contributed by atoms with van der Waals surface area (Å²) in [7, 11) is 0. The Balaban J connectivity index is 1.97. The summed E-state index contributed by atoms with van der Waals surface area (Å²) in [5.74, 6) is -2.46. The van der Waals surface area contributed by atoms with E-state index in [4.69, 9.17) is 11.5 Å². The molecule has 2 saturated heterocycles. The smallest absolute Gasteiger partial charge is 0.248 e. The molecule has 0 aliphatic carbocycles. The molecule has 1 unspecified atom stereocenters. The summed E-state index contributed by atoms with van der Waals surface area (Å²) in [6, 6.07) is -2.61. The number of aliphatic hydroxyl groups is 2. The molecule has 2 heterocycles. The Morgan fingerprint density at radius 1 is 1.10 bits per heavy atom. The number of nitrogens with two attached hydrogens (primary N) is 2. The highest BCUT2D eigenvalue weighted by Gasteiger charge is 2.41. The van der Waals surface area contributed by atoms with Gasteiger partial charge < -0.3 is 36.8 Å². The van der Waals surface area contributed by atoms with Crippen LogP contribution in [0.15, 0.2) is 0 Å². The summed E-state index contributed by atoms with van der Waals surface area (Å²) < 4.78 is 0. The molecule has 0 saturated carbocycles. The zero-order valence-electron chi connectivity index (χ0n) is 16.8. The molecule has 2 aliphatic heterocycles. The van der Waals surface area contributed by atoms with E-state index in [0.29, 0.717) is 32.4 Å². The molecule has 0 bridgehead atoms. The lowest BCUT2D eigenvalue weighted by atomic mass is 10.1. The standard InChI is InChI=1S/C18H31N5O6/c1-9(14(25)15(20)26)21-16(27)12-4-3-6-23(12)17(28)11-5-7-22(8-11)18(29)13(19)10(2)24/h9-14,24-25H,3-8,19H2,1-2H3,(H2,20,26)(H,21,27)/t9-,10+,11+,12?,13-,14+/m0/s1. The second-order valence-corrected chi connectivity index (χ2v) is 7.87. The predicted octanol–water partition coefficient (Wildman–Crippen LogP) is -3.12. The number of carbonyl (C=O) groups is 4. The minimum Gasteiger partial charge on any atom is -0.391 e. The SMILES string of the molecule is C[C@H](NC(=O)C1CCCN1C(=O)[C@@H]1CCN(C(=O)[C@@H](N)[C@@H](C)O)C1)[C@@H](O)C(N)=O. The number of hydrogen-bond donors (Lipinski definition) is 5. The van der Waals surface area contributed by atoms with Crippen molar-refractivity contribution in [1.82, 2.24) is 15.1 Å².